The Morgan fingerprint density at radius 3 is 2.63 bits per heavy atom. The summed E-state index contributed by atoms with van der Waals surface area (Å²) in [6.45, 7) is 0.218. The van der Waals surface area contributed by atoms with Crippen LogP contribution in [0.1, 0.15) is 16.8 Å². The van der Waals surface area contributed by atoms with E-state index in [-0.39, 0.29) is 12.7 Å². The topological polar surface area (TPSA) is 74.6 Å². The van der Waals surface area contributed by atoms with Gasteiger partial charge in [0.15, 0.2) is 11.5 Å². The molecule has 0 spiro atoms. The zero-order valence-corrected chi connectivity index (χ0v) is 19.5. The molecule has 2 aliphatic rings. The van der Waals surface area contributed by atoms with E-state index in [9.17, 15) is 4.79 Å². The van der Waals surface area contributed by atoms with E-state index >= 15 is 0 Å². The first-order valence-electron chi connectivity index (χ1n) is 11.1. The molecule has 8 heteroatoms. The number of thioether (sulfide) groups is 1. The summed E-state index contributed by atoms with van der Waals surface area (Å²) in [4.78, 5) is 12.8. The van der Waals surface area contributed by atoms with E-state index in [1.165, 1.54) is 6.08 Å². The molecule has 1 amide bonds. The van der Waals surface area contributed by atoms with Crippen molar-refractivity contribution in [2.75, 3.05) is 12.1 Å². The Balaban J connectivity index is 1.22. The van der Waals surface area contributed by atoms with E-state index in [1.807, 2.05) is 72.8 Å². The fraction of sp³-hybridized carbons (Fsp3) is 0.111. The monoisotopic (exact) mass is 483 g/mol. The normalized spacial score (nSPS) is 13.7. The van der Waals surface area contributed by atoms with E-state index in [1.54, 1.807) is 22.5 Å². The molecule has 0 atom stereocenters. The van der Waals surface area contributed by atoms with Crippen molar-refractivity contribution in [3.05, 3.63) is 95.7 Å². The van der Waals surface area contributed by atoms with Crippen LogP contribution in [-0.4, -0.2) is 22.5 Å². The quantitative estimate of drug-likeness (QED) is 0.350. The first kappa shape index (κ1) is 21.4. The van der Waals surface area contributed by atoms with Crippen LogP contribution in [0.4, 0.5) is 5.82 Å². The second-order valence-electron chi connectivity index (χ2n) is 8.02. The number of fused-ring (bicyclic) bond motifs is 2. The number of anilines is 1. The molecule has 6 rings (SSSR count). The average Bonchev–Trinajstić information content (AvgIpc) is 3.61. The van der Waals surface area contributed by atoms with Crippen molar-refractivity contribution >= 4 is 29.6 Å². The van der Waals surface area contributed by atoms with Gasteiger partial charge in [-0.1, -0.05) is 24.3 Å². The average molecular weight is 484 g/mol. The molecule has 1 N–H and O–H groups in total. The molecule has 0 fully saturated rings. The minimum atomic E-state index is -0.229. The van der Waals surface area contributed by atoms with Gasteiger partial charge in [-0.15, -0.1) is 0 Å². The van der Waals surface area contributed by atoms with Crippen molar-refractivity contribution in [3.63, 3.8) is 0 Å². The van der Waals surface area contributed by atoms with Crippen LogP contribution in [0.25, 0.3) is 11.8 Å². The maximum absolute atomic E-state index is 12.8. The number of nitrogens with zero attached hydrogens (tertiary/aromatic N) is 2. The lowest BCUT2D eigenvalue weighted by Gasteiger charge is -2.11. The van der Waals surface area contributed by atoms with Crippen molar-refractivity contribution in [1.29, 1.82) is 0 Å². The predicted molar refractivity (Wildman–Crippen MR) is 135 cm³/mol. The van der Waals surface area contributed by atoms with E-state index < -0.39 is 0 Å². The highest BCUT2D eigenvalue weighted by molar-refractivity contribution is 7.98. The van der Waals surface area contributed by atoms with Gasteiger partial charge in [0.1, 0.15) is 17.3 Å². The number of carbonyl (C=O) groups excluding carboxylic acids is 1. The minimum Gasteiger partial charge on any atom is -0.457 e. The molecule has 0 saturated carbocycles. The number of nitrogens with one attached hydrogen (secondary N) is 1. The zero-order valence-electron chi connectivity index (χ0n) is 18.6. The van der Waals surface area contributed by atoms with Crippen molar-refractivity contribution in [3.8, 4) is 28.7 Å². The summed E-state index contributed by atoms with van der Waals surface area (Å²) < 4.78 is 18.4. The van der Waals surface area contributed by atoms with E-state index in [4.69, 9.17) is 19.3 Å². The number of amides is 1. The molecule has 0 aliphatic carbocycles. The van der Waals surface area contributed by atoms with Crippen molar-refractivity contribution in [2.45, 2.75) is 11.5 Å². The second kappa shape index (κ2) is 9.23. The smallest absolute Gasteiger partial charge is 0.249 e. The van der Waals surface area contributed by atoms with Crippen molar-refractivity contribution < 1.29 is 19.0 Å². The Morgan fingerprint density at radius 2 is 1.77 bits per heavy atom. The number of benzene rings is 3. The number of carbonyl (C=O) groups is 1. The summed E-state index contributed by atoms with van der Waals surface area (Å²) in [5.74, 6) is 5.00. The van der Waals surface area contributed by atoms with Gasteiger partial charge >= 0.3 is 0 Å². The summed E-state index contributed by atoms with van der Waals surface area (Å²) in [6, 6.07) is 22.9. The van der Waals surface area contributed by atoms with Crippen LogP contribution in [0.2, 0.25) is 0 Å². The fourth-order valence-electron chi connectivity index (χ4n) is 3.96. The Hall–Kier alpha value is -4.17. The van der Waals surface area contributed by atoms with Crippen LogP contribution in [0, 0.1) is 0 Å². The maximum atomic E-state index is 12.8. The van der Waals surface area contributed by atoms with Gasteiger partial charge in [0.05, 0.1) is 11.4 Å². The molecular formula is C27H21N3O4S. The number of hydrogen-bond acceptors (Lipinski definition) is 6. The summed E-state index contributed by atoms with van der Waals surface area (Å²) in [5, 5.41) is 7.81. The molecule has 35 heavy (non-hydrogen) atoms. The molecule has 0 bridgehead atoms. The highest BCUT2D eigenvalue weighted by Crippen LogP contribution is 2.37. The fourth-order valence-corrected chi connectivity index (χ4v) is 4.99. The number of aromatic nitrogens is 2. The highest BCUT2D eigenvalue weighted by atomic mass is 32.2. The first-order valence-corrected chi connectivity index (χ1v) is 12.3. The zero-order chi connectivity index (χ0) is 23.6. The van der Waals surface area contributed by atoms with Gasteiger partial charge < -0.3 is 19.5 Å². The summed E-state index contributed by atoms with van der Waals surface area (Å²) in [7, 11) is 0. The number of para-hydroxylation sites is 1. The van der Waals surface area contributed by atoms with Crippen LogP contribution >= 0.6 is 11.8 Å². The van der Waals surface area contributed by atoms with E-state index in [0.29, 0.717) is 17.3 Å². The molecular weight excluding hydrogens is 462 g/mol. The van der Waals surface area contributed by atoms with Crippen LogP contribution in [0.3, 0.4) is 0 Å². The summed E-state index contributed by atoms with van der Waals surface area (Å²) in [5.41, 5.74) is 3.76. The van der Waals surface area contributed by atoms with Gasteiger partial charge in [0.25, 0.3) is 0 Å². The molecule has 0 unspecified atom stereocenters. The molecule has 2 aliphatic heterocycles. The third kappa shape index (κ3) is 4.48. The lowest BCUT2D eigenvalue weighted by atomic mass is 10.2. The van der Waals surface area contributed by atoms with Crippen LogP contribution in [-0.2, 0) is 16.3 Å². The molecule has 4 aromatic rings. The molecule has 0 saturated heterocycles. The lowest BCUT2D eigenvalue weighted by molar-refractivity contribution is -0.111. The van der Waals surface area contributed by atoms with Gasteiger partial charge in [-0.25, -0.2) is 4.68 Å². The number of hydrogen-bond donors (Lipinski definition) is 1. The Morgan fingerprint density at radius 1 is 0.971 bits per heavy atom. The van der Waals surface area contributed by atoms with Crippen molar-refractivity contribution in [1.82, 2.24) is 9.78 Å². The summed E-state index contributed by atoms with van der Waals surface area (Å²) >= 11 is 1.79. The maximum Gasteiger partial charge on any atom is 0.249 e. The second-order valence-corrected chi connectivity index (χ2v) is 9.01. The Kier molecular flexibility index (Phi) is 5.64. The molecule has 1 aromatic heterocycles. The molecule has 3 aromatic carbocycles. The summed E-state index contributed by atoms with van der Waals surface area (Å²) in [6.07, 6.45) is 3.27. The van der Waals surface area contributed by atoms with Crippen LogP contribution < -0.4 is 19.5 Å². The first-order chi connectivity index (χ1) is 17.2. The van der Waals surface area contributed by atoms with Gasteiger partial charge in [0, 0.05) is 23.1 Å². The Labute approximate surface area is 206 Å². The molecule has 7 nitrogen and oxygen atoms in total. The SMILES string of the molecule is O=C(/C=C\c1ccc2c(c1)OCO2)Nc1c2c(nn1-c1ccc(Oc3ccccc3)cc1)CSC2. The Bertz CT molecular complexity index is 1410. The van der Waals surface area contributed by atoms with Crippen molar-refractivity contribution in [2.24, 2.45) is 0 Å². The van der Waals surface area contributed by atoms with Gasteiger partial charge in [0.2, 0.25) is 12.7 Å². The standard InChI is InChI=1S/C27H21N3O4S/c31-26(13-7-18-6-12-24-25(14-18)33-17-32-24)28-27-22-15-35-16-23(22)29-30(27)19-8-10-21(11-9-19)34-20-4-2-1-3-5-20/h1-14H,15-17H2,(H,28,31)/b13-7-. The molecule has 174 valence electrons. The van der Waals surface area contributed by atoms with Crippen LogP contribution in [0.15, 0.2) is 78.9 Å². The number of rotatable bonds is 6. The van der Waals surface area contributed by atoms with Crippen LogP contribution in [0.5, 0.6) is 23.0 Å². The molecule has 3 heterocycles. The highest BCUT2D eigenvalue weighted by Gasteiger charge is 2.24. The van der Waals surface area contributed by atoms with Gasteiger partial charge in [-0.3, -0.25) is 4.79 Å². The third-order valence-corrected chi connectivity index (χ3v) is 6.65. The third-order valence-electron chi connectivity index (χ3n) is 5.68. The van der Waals surface area contributed by atoms with Gasteiger partial charge in [-0.2, -0.15) is 16.9 Å². The number of ether oxygens (including phenoxy) is 3. The molecule has 0 radical (unpaired) electrons. The minimum absolute atomic E-state index is 0.218. The predicted octanol–water partition coefficient (Wildman–Crippen LogP) is 5.79. The van der Waals surface area contributed by atoms with E-state index in [2.05, 4.69) is 5.32 Å². The largest absolute Gasteiger partial charge is 0.457 e. The van der Waals surface area contributed by atoms with E-state index in [0.717, 1.165) is 45.5 Å². The van der Waals surface area contributed by atoms with Gasteiger partial charge in [-0.05, 0) is 60.2 Å². The lowest BCUT2D eigenvalue weighted by Crippen LogP contribution is -2.13.